The molecule has 25 nitrogen and oxygen atoms in total. The SMILES string of the molecule is CC1(C)Cc2cccc(OCC(=O)Nc3ccc4c(n3)CCC4)c2O1.CCc1cccc(NC(=O)COc2cccc3c2OC(C)(C)C3)n1.Cc1ccc(NC(=O)CCc2cccc3c2OC(C)(C)C3)nn1.Cc1ccc(NC(=O)COc2cccc3c2OC(C)(C)C3)nc1C.Cc1nc(NC(=O)COc2cccc3c2OC(C)(C)C3)ccc1C1CC1. The van der Waals surface area contributed by atoms with Gasteiger partial charge in [-0.2, -0.15) is 5.10 Å². The fourth-order valence-electron chi connectivity index (χ4n) is 15.3. The number of hydrogen-bond donors (Lipinski definition) is 5. The third kappa shape index (κ3) is 23.7. The molecule has 10 heterocycles. The Hall–Kier alpha value is -12.7. The van der Waals surface area contributed by atoms with Crippen molar-refractivity contribution in [2.24, 2.45) is 0 Å². The number of anilines is 5. The molecule has 0 saturated heterocycles. The summed E-state index contributed by atoms with van der Waals surface area (Å²) in [4.78, 5) is 78.4. The summed E-state index contributed by atoms with van der Waals surface area (Å²) in [5.41, 5.74) is 14.0. The van der Waals surface area contributed by atoms with Crippen molar-refractivity contribution in [3.8, 4) is 51.7 Å². The van der Waals surface area contributed by atoms with Gasteiger partial charge in [0.1, 0.15) is 57.0 Å². The molecule has 638 valence electrons. The Morgan fingerprint density at radius 1 is 0.377 bits per heavy atom. The number of pyridine rings is 4. The molecular weight excluding hydrogens is 1540 g/mol. The van der Waals surface area contributed by atoms with Crippen LogP contribution in [0.5, 0.6) is 51.7 Å². The lowest BCUT2D eigenvalue weighted by Gasteiger charge is -2.18. The van der Waals surface area contributed by atoms with Crippen molar-refractivity contribution >= 4 is 58.6 Å². The molecule has 17 rings (SSSR count). The van der Waals surface area contributed by atoms with Crippen LogP contribution in [-0.2, 0) is 81.8 Å². The van der Waals surface area contributed by atoms with Crippen LogP contribution in [0.25, 0.3) is 0 Å². The van der Waals surface area contributed by atoms with Gasteiger partial charge in [0.05, 0.1) is 5.69 Å². The van der Waals surface area contributed by atoms with E-state index in [-0.39, 0.29) is 84.0 Å². The third-order valence-corrected chi connectivity index (χ3v) is 21.2. The van der Waals surface area contributed by atoms with Crippen LogP contribution in [0.3, 0.4) is 0 Å². The number of hydrogen-bond acceptors (Lipinski definition) is 20. The largest absolute Gasteiger partial charge is 0.487 e. The van der Waals surface area contributed by atoms with Crippen molar-refractivity contribution in [1.82, 2.24) is 30.1 Å². The Bertz CT molecular complexity index is 5510. The highest BCUT2D eigenvalue weighted by Crippen LogP contribution is 2.47. The zero-order valence-electron chi connectivity index (χ0n) is 72.5. The molecule has 10 aromatic rings. The Labute approximate surface area is 713 Å². The number of para-hydroxylation sites is 5. The molecule has 7 aliphatic rings. The quantitative estimate of drug-likeness (QED) is 0.0421. The standard InChI is InChI=1S/C21H24N2O3.C20H22N2O3.2C19H22N2O3.C18H21N3O2/c1-13-16(14-7-8-14)9-10-18(22-13)23-19(24)12-25-17-6-4-5-15-11-21(2,3)26-20(15)17;1-20(2)11-14-6-4-8-16(19(14)25-20)24-12-18(23)22-17-10-9-13-5-3-7-15(13)21-17;1-12-8-9-16(20-13(12)2)21-17(22)11-23-15-7-5-6-14-10-19(3,4)24-18(14)15;1-4-14-8-6-10-16(20-14)21-17(22)12-23-15-9-5-7-13-11-19(2,3)24-18(13)15;1-12-7-9-15(21-20-12)19-16(22)10-8-13-5-4-6-14-11-18(2,3)23-17(13)14/h4-6,9-10,14H,7-8,11-12H2,1-3H3,(H,22,23,24);4,6,8-10H,3,5,7,11-12H2,1-2H3,(H,21,22,23);5-9H,10-11H2,1-4H3,(H,20,21,22);5-10H,4,11-12H2,1-3H3,(H,20,21,22);4-7,9H,8,10-11H2,1-3H3,(H,19,21,22). The Morgan fingerprint density at radius 3 is 1.19 bits per heavy atom. The Morgan fingerprint density at radius 2 is 0.762 bits per heavy atom. The molecule has 0 atom stereocenters. The summed E-state index contributed by atoms with van der Waals surface area (Å²) in [6.07, 6.45) is 11.8. The number of aromatic nitrogens is 6. The fourth-order valence-corrected chi connectivity index (χ4v) is 15.3. The normalized spacial score (nSPS) is 15.7. The van der Waals surface area contributed by atoms with Crippen LogP contribution >= 0.6 is 0 Å². The first kappa shape index (κ1) is 87.2. The first-order chi connectivity index (χ1) is 58.1. The molecule has 5 amide bonds. The van der Waals surface area contributed by atoms with Crippen LogP contribution in [-0.4, -0.2) is 114 Å². The van der Waals surface area contributed by atoms with Crippen molar-refractivity contribution in [2.45, 2.75) is 221 Å². The molecule has 0 unspecified atom stereocenters. The minimum absolute atomic E-state index is 0.0704. The van der Waals surface area contributed by atoms with Gasteiger partial charge in [-0.15, -0.1) is 5.10 Å². The molecule has 0 spiro atoms. The van der Waals surface area contributed by atoms with Gasteiger partial charge in [-0.25, -0.2) is 19.9 Å². The summed E-state index contributed by atoms with van der Waals surface area (Å²) in [7, 11) is 0. The minimum atomic E-state index is -0.249. The van der Waals surface area contributed by atoms with Gasteiger partial charge < -0.3 is 69.2 Å². The van der Waals surface area contributed by atoms with Crippen LogP contribution < -0.4 is 69.2 Å². The molecule has 25 heteroatoms. The van der Waals surface area contributed by atoms with E-state index >= 15 is 0 Å². The maximum Gasteiger partial charge on any atom is 0.263 e. The van der Waals surface area contributed by atoms with Gasteiger partial charge in [0.25, 0.3) is 23.6 Å². The van der Waals surface area contributed by atoms with E-state index in [9.17, 15) is 24.0 Å². The summed E-state index contributed by atoms with van der Waals surface area (Å²) in [5, 5.41) is 21.8. The number of fused-ring (bicyclic) bond motifs is 6. The lowest BCUT2D eigenvalue weighted by Crippen LogP contribution is -2.25. The van der Waals surface area contributed by atoms with Gasteiger partial charge >= 0.3 is 0 Å². The van der Waals surface area contributed by atoms with Crippen LogP contribution in [0, 0.1) is 27.7 Å². The van der Waals surface area contributed by atoms with E-state index < -0.39 is 0 Å². The zero-order chi connectivity index (χ0) is 86.7. The molecule has 5 N–H and O–H groups in total. The number of amides is 5. The van der Waals surface area contributed by atoms with Crippen molar-refractivity contribution in [1.29, 1.82) is 0 Å². The van der Waals surface area contributed by atoms with Gasteiger partial charge in [0, 0.05) is 83.6 Å². The van der Waals surface area contributed by atoms with Crippen LogP contribution in [0.15, 0.2) is 158 Å². The first-order valence-corrected chi connectivity index (χ1v) is 41.9. The van der Waals surface area contributed by atoms with Crippen molar-refractivity contribution in [3.05, 3.63) is 236 Å². The van der Waals surface area contributed by atoms with E-state index in [0.717, 1.165) is 148 Å². The van der Waals surface area contributed by atoms with Crippen LogP contribution in [0.4, 0.5) is 29.1 Å². The van der Waals surface area contributed by atoms with Crippen LogP contribution in [0.2, 0.25) is 0 Å². The number of nitrogens with zero attached hydrogens (tertiary/aromatic N) is 6. The highest BCUT2D eigenvalue weighted by Gasteiger charge is 2.38. The average molecular weight is 1660 g/mol. The fraction of sp³-hybridized carbons (Fsp3) is 0.392. The number of aryl methyl sites for hydroxylation is 8. The number of benzene rings is 5. The third-order valence-electron chi connectivity index (χ3n) is 21.2. The van der Waals surface area contributed by atoms with Gasteiger partial charge in [-0.05, 0) is 242 Å². The summed E-state index contributed by atoms with van der Waals surface area (Å²) in [6, 6.07) is 50.0. The summed E-state index contributed by atoms with van der Waals surface area (Å²) in [5.74, 6) is 8.67. The van der Waals surface area contributed by atoms with Crippen molar-refractivity contribution < 1.29 is 66.6 Å². The minimum Gasteiger partial charge on any atom is -0.487 e. The second-order valence-corrected chi connectivity index (χ2v) is 34.8. The van der Waals surface area contributed by atoms with Gasteiger partial charge in [0.15, 0.2) is 78.2 Å². The molecule has 2 aliphatic carbocycles. The van der Waals surface area contributed by atoms with E-state index in [1.165, 1.54) is 29.5 Å². The van der Waals surface area contributed by atoms with Gasteiger partial charge in [0.2, 0.25) is 5.91 Å². The number of ether oxygens (including phenoxy) is 9. The monoisotopic (exact) mass is 1650 g/mol. The number of nitrogens with one attached hydrogen (secondary N) is 5. The molecule has 0 bridgehead atoms. The molecule has 1 fully saturated rings. The molecule has 5 aromatic carbocycles. The topological polar surface area (TPSA) is 306 Å². The molecule has 5 aliphatic heterocycles. The molecular formula is C97H111N11O14. The van der Waals surface area contributed by atoms with Crippen molar-refractivity contribution in [3.63, 3.8) is 0 Å². The van der Waals surface area contributed by atoms with Gasteiger partial charge in [-0.3, -0.25) is 24.0 Å². The smallest absolute Gasteiger partial charge is 0.263 e. The highest BCUT2D eigenvalue weighted by atomic mass is 16.6. The molecule has 1 saturated carbocycles. The lowest BCUT2D eigenvalue weighted by molar-refractivity contribution is -0.118. The highest BCUT2D eigenvalue weighted by molar-refractivity contribution is 5.93. The maximum atomic E-state index is 12.2. The van der Waals surface area contributed by atoms with Crippen molar-refractivity contribution in [2.75, 3.05) is 53.0 Å². The Kier molecular flexibility index (Phi) is 26.8. The number of carbonyl (C=O) groups excluding carboxylic acids is 5. The number of carbonyl (C=O) groups is 5. The van der Waals surface area contributed by atoms with E-state index in [1.54, 1.807) is 18.2 Å². The zero-order valence-corrected chi connectivity index (χ0v) is 72.5. The van der Waals surface area contributed by atoms with E-state index in [4.69, 9.17) is 42.6 Å². The summed E-state index contributed by atoms with van der Waals surface area (Å²) >= 11 is 0. The molecule has 0 radical (unpaired) electrons. The van der Waals surface area contributed by atoms with Gasteiger partial charge in [-0.1, -0.05) is 97.9 Å². The average Bonchev–Trinajstić information content (AvgIpc) is 1.67. The predicted octanol–water partition coefficient (Wildman–Crippen LogP) is 17.2. The van der Waals surface area contributed by atoms with E-state index in [1.807, 2.05) is 217 Å². The maximum absolute atomic E-state index is 12.2. The van der Waals surface area contributed by atoms with Crippen LogP contribution in [0.1, 0.15) is 186 Å². The number of rotatable bonds is 22. The lowest BCUT2D eigenvalue weighted by atomic mass is 9.99. The summed E-state index contributed by atoms with van der Waals surface area (Å²) in [6.45, 7) is 29.9. The second-order valence-electron chi connectivity index (χ2n) is 34.8. The second kappa shape index (κ2) is 37.5. The summed E-state index contributed by atoms with van der Waals surface area (Å²) < 4.78 is 52.6. The van der Waals surface area contributed by atoms with E-state index in [0.29, 0.717) is 70.8 Å². The molecule has 5 aromatic heterocycles. The predicted molar refractivity (Wildman–Crippen MR) is 469 cm³/mol. The first-order valence-electron chi connectivity index (χ1n) is 41.9. The molecule has 122 heavy (non-hydrogen) atoms. The van der Waals surface area contributed by atoms with E-state index in [2.05, 4.69) is 82.7 Å². The Balaban J connectivity index is 0.000000132.